The van der Waals surface area contributed by atoms with Crippen molar-refractivity contribution in [2.75, 3.05) is 0 Å². The largest absolute Gasteiger partial charge is 0.309 e. The summed E-state index contributed by atoms with van der Waals surface area (Å²) in [5, 5.41) is 10.1. The second-order valence-corrected chi connectivity index (χ2v) is 12.1. The average Bonchev–Trinajstić information content (AvgIpc) is 3.65. The quantitative estimate of drug-likeness (QED) is 0.180. The van der Waals surface area contributed by atoms with Gasteiger partial charge in [-0.2, -0.15) is 5.26 Å². The molecule has 1 spiro atoms. The molecule has 0 aliphatic heterocycles. The van der Waals surface area contributed by atoms with Gasteiger partial charge in [-0.3, -0.25) is 0 Å². The fourth-order valence-electron chi connectivity index (χ4n) is 7.57. The molecule has 2 nitrogen and oxygen atoms in total. The van der Waals surface area contributed by atoms with Crippen molar-refractivity contribution in [1.82, 2.24) is 4.57 Å². The van der Waals surface area contributed by atoms with Gasteiger partial charge in [-0.1, -0.05) is 109 Å². The number of nitrogens with zero attached hydrogens (tertiary/aromatic N) is 2. The lowest BCUT2D eigenvalue weighted by atomic mass is 9.70. The van der Waals surface area contributed by atoms with Gasteiger partial charge in [0.1, 0.15) is 5.81 Å². The van der Waals surface area contributed by atoms with E-state index in [4.69, 9.17) is 5.26 Å². The van der Waals surface area contributed by atoms with E-state index >= 15 is 0 Å². The number of aromatic nitrogens is 1. The standard InChI is InChI=1S/C38H25N.CNPS/c1-24-19-20-28-26-13-5-8-16-32(26)38(34(28)21-24)33-17-9-6-14-27(33)30-22-31-29-15-7-10-18-36(29)39(37(31)23-35(30)38)25-11-3-2-4-12-25;2-1-3-4/h2-23H,1H3;. The van der Waals surface area contributed by atoms with Crippen LogP contribution in [0.3, 0.4) is 0 Å². The lowest BCUT2D eigenvalue weighted by Crippen LogP contribution is -2.26. The topological polar surface area (TPSA) is 28.7 Å². The van der Waals surface area contributed by atoms with Crippen LogP contribution in [0.2, 0.25) is 0 Å². The Labute approximate surface area is 257 Å². The van der Waals surface area contributed by atoms with Gasteiger partial charge in [-0.05, 0) is 93.6 Å². The van der Waals surface area contributed by atoms with Crippen LogP contribution in [0.1, 0.15) is 27.8 Å². The second-order valence-electron chi connectivity index (χ2n) is 11.2. The van der Waals surface area contributed by atoms with Gasteiger partial charge in [-0.15, -0.1) is 0 Å². The van der Waals surface area contributed by atoms with Gasteiger partial charge in [-0.25, -0.2) is 0 Å². The molecule has 0 radical (unpaired) electrons. The first kappa shape index (κ1) is 25.8. The Morgan fingerprint density at radius 2 is 1.16 bits per heavy atom. The Bertz CT molecular complexity index is 2290. The monoisotopic (exact) mass is 584 g/mol. The molecular weight excluding hydrogens is 559 g/mol. The summed E-state index contributed by atoms with van der Waals surface area (Å²) in [7, 11) is 0.387. The van der Waals surface area contributed by atoms with Gasteiger partial charge in [0, 0.05) is 16.5 Å². The van der Waals surface area contributed by atoms with Crippen molar-refractivity contribution in [3.63, 3.8) is 0 Å². The van der Waals surface area contributed by atoms with Gasteiger partial charge in [0.15, 0.2) is 0 Å². The number of aryl methyl sites for hydroxylation is 1. The lowest BCUT2D eigenvalue weighted by Gasteiger charge is -2.30. The number of para-hydroxylation sites is 2. The number of benzene rings is 6. The van der Waals surface area contributed by atoms with Crippen molar-refractivity contribution in [2.45, 2.75) is 12.3 Å². The van der Waals surface area contributed by atoms with Gasteiger partial charge >= 0.3 is 0 Å². The Balaban J connectivity index is 0.000000657. The summed E-state index contributed by atoms with van der Waals surface area (Å²) >= 11 is 4.16. The molecule has 9 rings (SSSR count). The normalized spacial score (nSPS) is 15.4. The number of hydrogen-bond acceptors (Lipinski definition) is 2. The fraction of sp³-hybridized carbons (Fsp3) is 0.0513. The maximum Gasteiger partial charge on any atom is 0.134 e. The van der Waals surface area contributed by atoms with Crippen LogP contribution in [0.15, 0.2) is 133 Å². The third-order valence-electron chi connectivity index (χ3n) is 9.09. The molecule has 1 aromatic heterocycles. The minimum absolute atomic E-state index is 0.337. The average molecular weight is 585 g/mol. The van der Waals surface area contributed by atoms with E-state index in [1.54, 1.807) is 5.81 Å². The van der Waals surface area contributed by atoms with Crippen molar-refractivity contribution in [3.8, 4) is 33.8 Å². The Hall–Kier alpha value is -4.87. The summed E-state index contributed by atoms with van der Waals surface area (Å²) in [5.41, 5.74) is 15.6. The Kier molecular flexibility index (Phi) is 5.92. The Morgan fingerprint density at radius 3 is 1.88 bits per heavy atom. The minimum Gasteiger partial charge on any atom is -0.309 e. The molecule has 0 fully saturated rings. The van der Waals surface area contributed by atoms with Crippen LogP contribution in [0.25, 0.3) is 49.7 Å². The van der Waals surface area contributed by atoms with Crippen molar-refractivity contribution in [1.29, 1.82) is 5.26 Å². The number of hydrogen-bond donors (Lipinski definition) is 0. The van der Waals surface area contributed by atoms with Crippen molar-refractivity contribution in [2.24, 2.45) is 0 Å². The van der Waals surface area contributed by atoms with Crippen LogP contribution in [0.5, 0.6) is 0 Å². The van der Waals surface area contributed by atoms with Crippen LogP contribution in [0.4, 0.5) is 0 Å². The molecule has 0 saturated heterocycles. The fourth-order valence-corrected chi connectivity index (χ4v) is 7.57. The molecule has 1 unspecified atom stereocenters. The highest BCUT2D eigenvalue weighted by Gasteiger charge is 2.51. The summed E-state index contributed by atoms with van der Waals surface area (Å²) in [6.07, 6.45) is 0. The van der Waals surface area contributed by atoms with E-state index in [9.17, 15) is 0 Å². The van der Waals surface area contributed by atoms with Gasteiger partial charge in [0.2, 0.25) is 0 Å². The summed E-state index contributed by atoms with van der Waals surface area (Å²) in [4.78, 5) is 0. The van der Waals surface area contributed by atoms with Crippen LogP contribution < -0.4 is 0 Å². The van der Waals surface area contributed by atoms with E-state index < -0.39 is 0 Å². The summed E-state index contributed by atoms with van der Waals surface area (Å²) in [6, 6.07) is 49.7. The maximum absolute atomic E-state index is 7.51. The van der Waals surface area contributed by atoms with Crippen molar-refractivity contribution >= 4 is 41.0 Å². The third kappa shape index (κ3) is 3.52. The molecule has 2 aliphatic rings. The van der Waals surface area contributed by atoms with E-state index in [0.29, 0.717) is 7.36 Å². The zero-order chi connectivity index (χ0) is 29.1. The van der Waals surface area contributed by atoms with E-state index in [0.717, 1.165) is 0 Å². The number of fused-ring (bicyclic) bond motifs is 13. The predicted octanol–water partition coefficient (Wildman–Crippen LogP) is 10.3. The smallest absolute Gasteiger partial charge is 0.134 e. The molecule has 4 heteroatoms. The first-order chi connectivity index (χ1) is 21.2. The van der Waals surface area contributed by atoms with Crippen LogP contribution >= 0.6 is 7.36 Å². The van der Waals surface area contributed by atoms with E-state index in [2.05, 4.69) is 157 Å². The molecule has 0 saturated carbocycles. The highest BCUT2D eigenvalue weighted by atomic mass is 32.4. The SMILES string of the molecule is Cc1ccc2c(c1)C1(c3ccccc3-2)c2ccccc2-c2cc3c4ccccc4n(-c4ccccc4)c3cc21.N#CP=S. The van der Waals surface area contributed by atoms with E-state index in [-0.39, 0.29) is 5.41 Å². The molecule has 43 heavy (non-hydrogen) atoms. The molecule has 6 aromatic carbocycles. The molecule has 0 amide bonds. The van der Waals surface area contributed by atoms with Crippen molar-refractivity contribution in [3.05, 3.63) is 161 Å². The molecular formula is C39H25N2PS. The first-order valence-corrected chi connectivity index (χ1v) is 16.2. The first-order valence-electron chi connectivity index (χ1n) is 14.3. The highest BCUT2D eigenvalue weighted by molar-refractivity contribution is 7.98. The van der Waals surface area contributed by atoms with Crippen LogP contribution in [0, 0.1) is 18.0 Å². The van der Waals surface area contributed by atoms with Crippen molar-refractivity contribution < 1.29 is 0 Å². The number of nitriles is 1. The minimum atomic E-state index is -0.337. The van der Waals surface area contributed by atoms with E-state index in [1.165, 1.54) is 77.6 Å². The maximum atomic E-state index is 7.51. The molecule has 0 bridgehead atoms. The number of rotatable bonds is 1. The predicted molar refractivity (Wildman–Crippen MR) is 182 cm³/mol. The molecule has 1 atom stereocenters. The van der Waals surface area contributed by atoms with Gasteiger partial charge in [0.25, 0.3) is 0 Å². The summed E-state index contributed by atoms with van der Waals surface area (Å²) < 4.78 is 2.44. The molecule has 0 N–H and O–H groups in total. The lowest BCUT2D eigenvalue weighted by molar-refractivity contribution is 0.793. The zero-order valence-electron chi connectivity index (χ0n) is 23.5. The third-order valence-corrected chi connectivity index (χ3v) is 9.42. The van der Waals surface area contributed by atoms with E-state index in [1.807, 2.05) is 0 Å². The van der Waals surface area contributed by atoms with Gasteiger partial charge in [0.05, 0.1) is 23.8 Å². The molecule has 202 valence electrons. The Morgan fingerprint density at radius 1 is 0.581 bits per heavy atom. The molecule has 2 aliphatic carbocycles. The summed E-state index contributed by atoms with van der Waals surface area (Å²) in [6.45, 7) is 2.22. The summed E-state index contributed by atoms with van der Waals surface area (Å²) in [5.74, 6) is 1.72. The zero-order valence-corrected chi connectivity index (χ0v) is 25.2. The molecule has 7 aromatic rings. The van der Waals surface area contributed by atoms with Gasteiger partial charge < -0.3 is 4.57 Å². The second kappa shape index (κ2) is 9.85. The molecule has 1 heterocycles. The van der Waals surface area contributed by atoms with Crippen LogP contribution in [-0.4, -0.2) is 4.57 Å². The highest BCUT2D eigenvalue weighted by Crippen LogP contribution is 2.63. The van der Waals surface area contributed by atoms with Crippen LogP contribution in [-0.2, 0) is 17.2 Å².